The van der Waals surface area contributed by atoms with E-state index >= 15 is 0 Å². The number of aryl methyl sites for hydroxylation is 2. The Bertz CT molecular complexity index is 835. The molecule has 0 saturated carbocycles. The Morgan fingerprint density at radius 3 is 1.08 bits per heavy atom. The molecule has 220 valence electrons. The normalized spacial score (nSPS) is 11.5. The van der Waals surface area contributed by atoms with Crippen LogP contribution in [-0.2, 0) is 0 Å². The lowest BCUT2D eigenvalue weighted by atomic mass is 9.85. The maximum atomic E-state index is 9.99. The first kappa shape index (κ1) is 33.2. The monoisotopic (exact) mass is 536 g/mol. The summed E-state index contributed by atoms with van der Waals surface area (Å²) in [7, 11) is 0. The van der Waals surface area contributed by atoms with Crippen molar-refractivity contribution < 1.29 is 10.2 Å². The molecule has 0 bridgehead atoms. The maximum absolute atomic E-state index is 9.99. The number of benzene rings is 2. The summed E-state index contributed by atoms with van der Waals surface area (Å²) in [5, 5.41) is 20.0. The van der Waals surface area contributed by atoms with Crippen LogP contribution in [0.3, 0.4) is 0 Å². The number of aromatic hydroxyl groups is 2. The molecule has 2 rings (SSSR count). The Labute approximate surface area is 241 Å². The van der Waals surface area contributed by atoms with Crippen molar-refractivity contribution in [3.63, 3.8) is 0 Å². The molecule has 0 radical (unpaired) electrons. The van der Waals surface area contributed by atoms with Crippen molar-refractivity contribution in [1.29, 1.82) is 0 Å². The Morgan fingerprint density at radius 1 is 0.462 bits per heavy atom. The van der Waals surface area contributed by atoms with Gasteiger partial charge in [-0.3, -0.25) is 0 Å². The lowest BCUT2D eigenvalue weighted by Gasteiger charge is -2.20. The van der Waals surface area contributed by atoms with Crippen LogP contribution in [0, 0.1) is 13.8 Å². The summed E-state index contributed by atoms with van der Waals surface area (Å²) in [6, 6.07) is 12.0. The third-order valence-electron chi connectivity index (χ3n) is 8.59. The van der Waals surface area contributed by atoms with E-state index in [-0.39, 0.29) is 0 Å². The largest absolute Gasteiger partial charge is 0.508 e. The van der Waals surface area contributed by atoms with Crippen LogP contribution in [0.2, 0.25) is 0 Å². The van der Waals surface area contributed by atoms with Crippen LogP contribution in [0.1, 0.15) is 170 Å². The van der Waals surface area contributed by atoms with Gasteiger partial charge in [-0.05, 0) is 54.7 Å². The van der Waals surface area contributed by atoms with E-state index in [9.17, 15) is 10.2 Å². The highest BCUT2D eigenvalue weighted by atomic mass is 16.3. The summed E-state index contributed by atoms with van der Waals surface area (Å²) in [6.07, 6.45) is 29.2. The highest BCUT2D eigenvalue weighted by Gasteiger charge is 2.16. The van der Waals surface area contributed by atoms with E-state index in [0.717, 1.165) is 17.5 Å². The molecule has 2 aromatic rings. The van der Waals surface area contributed by atoms with Crippen molar-refractivity contribution in [2.24, 2.45) is 0 Å². The minimum atomic E-state index is 0.305. The fourth-order valence-corrected chi connectivity index (χ4v) is 5.92. The molecule has 0 unspecified atom stereocenters. The molecule has 0 aromatic heterocycles. The van der Waals surface area contributed by atoms with Gasteiger partial charge in [0, 0.05) is 5.92 Å². The van der Waals surface area contributed by atoms with Crippen LogP contribution in [0.5, 0.6) is 11.5 Å². The Hall–Kier alpha value is -1.96. The van der Waals surface area contributed by atoms with E-state index < -0.39 is 0 Å². The number of hydrogen-bond donors (Lipinski definition) is 2. The number of unbranched alkanes of at least 4 members (excludes halogenated alkanes) is 19. The molecule has 0 aliphatic carbocycles. The predicted octanol–water partition coefficient (Wildman–Crippen LogP) is 12.1. The highest BCUT2D eigenvalue weighted by molar-refractivity contribution is 5.43. The molecule has 0 aliphatic heterocycles. The maximum Gasteiger partial charge on any atom is 0.118 e. The first-order valence-corrected chi connectivity index (χ1v) is 16.6. The Balaban J connectivity index is 1.50. The molecule has 39 heavy (non-hydrogen) atoms. The number of phenols is 2. The summed E-state index contributed by atoms with van der Waals surface area (Å²) in [5.74, 6) is 1.02. The average molecular weight is 537 g/mol. The number of phenolic OH excluding ortho intramolecular Hbond substituents is 2. The van der Waals surface area contributed by atoms with Gasteiger partial charge in [-0.2, -0.15) is 0 Å². The second kappa shape index (κ2) is 20.9. The predicted molar refractivity (Wildman–Crippen MR) is 170 cm³/mol. The van der Waals surface area contributed by atoms with Gasteiger partial charge in [0.15, 0.2) is 0 Å². The van der Waals surface area contributed by atoms with Crippen LogP contribution in [0.15, 0.2) is 36.4 Å². The van der Waals surface area contributed by atoms with Crippen molar-refractivity contribution in [2.45, 2.75) is 162 Å². The van der Waals surface area contributed by atoms with Crippen LogP contribution >= 0.6 is 0 Å². The van der Waals surface area contributed by atoms with Gasteiger partial charge < -0.3 is 10.2 Å². The van der Waals surface area contributed by atoms with Gasteiger partial charge in [-0.25, -0.2) is 0 Å². The summed E-state index contributed by atoms with van der Waals surface area (Å²) >= 11 is 0. The fourth-order valence-electron chi connectivity index (χ4n) is 5.92. The zero-order chi connectivity index (χ0) is 28.1. The summed E-state index contributed by atoms with van der Waals surface area (Å²) < 4.78 is 0. The molecule has 0 fully saturated rings. The minimum absolute atomic E-state index is 0.305. The van der Waals surface area contributed by atoms with Gasteiger partial charge in [-0.15, -0.1) is 0 Å². The Kier molecular flexibility index (Phi) is 17.8. The molecule has 0 spiro atoms. The molecular weight excluding hydrogens is 476 g/mol. The van der Waals surface area contributed by atoms with Gasteiger partial charge in [-0.1, -0.05) is 160 Å². The van der Waals surface area contributed by atoms with E-state index in [2.05, 4.69) is 31.2 Å². The molecule has 2 N–H and O–H groups in total. The average Bonchev–Trinajstić information content (AvgIpc) is 2.93. The van der Waals surface area contributed by atoms with Gasteiger partial charge in [0.2, 0.25) is 0 Å². The molecule has 0 aliphatic rings. The lowest BCUT2D eigenvalue weighted by Crippen LogP contribution is -2.02. The fraction of sp³-hybridized carbons (Fsp3) is 0.676. The molecule has 2 nitrogen and oxygen atoms in total. The quantitative estimate of drug-likeness (QED) is 0.139. The first-order chi connectivity index (χ1) is 19.0. The zero-order valence-electron chi connectivity index (χ0n) is 25.8. The van der Waals surface area contributed by atoms with E-state index in [4.69, 9.17) is 0 Å². The molecule has 0 saturated heterocycles. The van der Waals surface area contributed by atoms with E-state index in [1.807, 2.05) is 26.0 Å². The van der Waals surface area contributed by atoms with Crippen molar-refractivity contribution in [3.8, 4) is 11.5 Å². The Morgan fingerprint density at radius 2 is 0.769 bits per heavy atom. The third-order valence-corrected chi connectivity index (χ3v) is 8.59. The minimum Gasteiger partial charge on any atom is -0.508 e. The van der Waals surface area contributed by atoms with E-state index in [1.165, 1.54) is 140 Å². The summed E-state index contributed by atoms with van der Waals surface area (Å²) in [6.45, 7) is 6.23. The lowest BCUT2D eigenvalue weighted by molar-refractivity contribution is 0.470. The second-order valence-electron chi connectivity index (χ2n) is 12.2. The van der Waals surface area contributed by atoms with Gasteiger partial charge in [0.1, 0.15) is 11.5 Å². The summed E-state index contributed by atoms with van der Waals surface area (Å²) in [5.41, 5.74) is 4.37. The van der Waals surface area contributed by atoms with Gasteiger partial charge in [0.25, 0.3) is 0 Å². The van der Waals surface area contributed by atoms with Crippen molar-refractivity contribution >= 4 is 0 Å². The van der Waals surface area contributed by atoms with Crippen molar-refractivity contribution in [3.05, 3.63) is 58.7 Å². The number of hydrogen-bond acceptors (Lipinski definition) is 2. The van der Waals surface area contributed by atoms with Crippen LogP contribution in [-0.4, -0.2) is 10.2 Å². The summed E-state index contributed by atoms with van der Waals surface area (Å²) in [4.78, 5) is 0. The van der Waals surface area contributed by atoms with E-state index in [0.29, 0.717) is 17.4 Å². The van der Waals surface area contributed by atoms with Crippen LogP contribution < -0.4 is 0 Å². The van der Waals surface area contributed by atoms with Gasteiger partial charge in [0.05, 0.1) is 0 Å². The van der Waals surface area contributed by atoms with Crippen molar-refractivity contribution in [1.82, 2.24) is 0 Å². The van der Waals surface area contributed by atoms with Crippen molar-refractivity contribution in [2.75, 3.05) is 0 Å². The van der Waals surface area contributed by atoms with Gasteiger partial charge >= 0.3 is 0 Å². The molecule has 0 amide bonds. The highest BCUT2D eigenvalue weighted by Crippen LogP contribution is 2.34. The van der Waals surface area contributed by atoms with Crippen LogP contribution in [0.4, 0.5) is 0 Å². The topological polar surface area (TPSA) is 40.5 Å². The molecule has 0 atom stereocenters. The smallest absolute Gasteiger partial charge is 0.118 e. The molecular formula is C37H60O2. The zero-order valence-corrected chi connectivity index (χ0v) is 25.8. The SMILES string of the molecule is CCCCCCCCCCCCCCCCCCCCCCC(c1ccc(O)c(C)c1)c1ccc(O)c(C)c1. The second-order valence-corrected chi connectivity index (χ2v) is 12.2. The molecule has 2 aromatic carbocycles. The standard InChI is InChI=1S/C37H60O2/c1-4-5-6-7-8-9-10-11-12-13-14-15-16-17-18-19-20-21-22-23-24-35(33-25-27-36(38)31(2)29-33)34-26-28-37(39)32(3)30-34/h25-30,35,38-39H,4-24H2,1-3H3. The molecule has 0 heterocycles. The van der Waals surface area contributed by atoms with Crippen LogP contribution in [0.25, 0.3) is 0 Å². The third kappa shape index (κ3) is 14.3. The van der Waals surface area contributed by atoms with E-state index in [1.54, 1.807) is 0 Å². The first-order valence-electron chi connectivity index (χ1n) is 16.6. The number of rotatable bonds is 23. The molecule has 2 heteroatoms.